The van der Waals surface area contributed by atoms with Crippen LogP contribution in [0.25, 0.3) is 11.2 Å². The van der Waals surface area contributed by atoms with Gasteiger partial charge in [-0.2, -0.15) is 0 Å². The second kappa shape index (κ2) is 8.84. The number of rotatable bonds is 5. The van der Waals surface area contributed by atoms with E-state index in [1.165, 1.54) is 12.8 Å². The highest BCUT2D eigenvalue weighted by Crippen LogP contribution is 2.39. The predicted octanol–water partition coefficient (Wildman–Crippen LogP) is 3.04. The lowest BCUT2D eigenvalue weighted by atomic mass is 9.83. The molecule has 168 valence electrons. The van der Waals surface area contributed by atoms with Crippen molar-refractivity contribution in [3.8, 4) is 0 Å². The molecule has 2 aromatic heterocycles. The van der Waals surface area contributed by atoms with E-state index < -0.39 is 0 Å². The van der Waals surface area contributed by atoms with Crippen LogP contribution in [0.3, 0.4) is 0 Å². The van der Waals surface area contributed by atoms with Crippen molar-refractivity contribution in [2.45, 2.75) is 57.9 Å². The number of carbonyl (C=O) groups excluding carboxylic acids is 1. The van der Waals surface area contributed by atoms with Crippen LogP contribution in [0, 0.1) is 18.8 Å². The topological polar surface area (TPSA) is 96.8 Å². The van der Waals surface area contributed by atoms with Crippen LogP contribution in [0.15, 0.2) is 35.1 Å². The number of carbonyl (C=O) groups is 1. The van der Waals surface area contributed by atoms with Gasteiger partial charge in [0.1, 0.15) is 5.82 Å². The molecule has 0 bridgehead atoms. The molecule has 1 aliphatic heterocycles. The maximum atomic E-state index is 13.8. The van der Waals surface area contributed by atoms with Crippen molar-refractivity contribution in [3.63, 3.8) is 0 Å². The largest absolute Gasteiger partial charge is 0.342 e. The van der Waals surface area contributed by atoms with E-state index in [0.717, 1.165) is 37.8 Å². The van der Waals surface area contributed by atoms with E-state index in [1.54, 1.807) is 11.6 Å². The fourth-order valence-corrected chi connectivity index (χ4v) is 5.52. The van der Waals surface area contributed by atoms with Crippen LogP contribution in [0.4, 0.5) is 0 Å². The number of nitrogens with one attached hydrogen (secondary N) is 1. The Kier molecular flexibility index (Phi) is 5.76. The van der Waals surface area contributed by atoms with Crippen LogP contribution in [0.1, 0.15) is 55.8 Å². The van der Waals surface area contributed by atoms with Gasteiger partial charge in [0.2, 0.25) is 5.91 Å². The number of aromatic nitrogens is 5. The minimum Gasteiger partial charge on any atom is -0.342 e. The Morgan fingerprint density at radius 2 is 1.94 bits per heavy atom. The molecule has 0 unspecified atom stereocenters. The number of nitrogens with zero attached hydrogens (tertiary/aromatic N) is 5. The Balaban J connectivity index is 1.35. The van der Waals surface area contributed by atoms with E-state index in [-0.39, 0.29) is 28.8 Å². The van der Waals surface area contributed by atoms with Gasteiger partial charge in [0.15, 0.2) is 11.2 Å². The van der Waals surface area contributed by atoms with Crippen molar-refractivity contribution < 1.29 is 4.79 Å². The third-order valence-corrected chi connectivity index (χ3v) is 7.05. The molecule has 2 fully saturated rings. The number of piperidine rings is 1. The molecular weight excluding hydrogens is 404 g/mol. The molecular formula is C24H30N6O2. The second-order valence-corrected chi connectivity index (χ2v) is 9.32. The van der Waals surface area contributed by atoms with Gasteiger partial charge in [0.05, 0.1) is 5.92 Å². The Bertz CT molecular complexity index is 1150. The molecule has 32 heavy (non-hydrogen) atoms. The average Bonchev–Trinajstić information content (AvgIpc) is 3.46. The van der Waals surface area contributed by atoms with Crippen molar-refractivity contribution in [2.75, 3.05) is 13.1 Å². The Hall–Kier alpha value is -3.03. The third-order valence-electron chi connectivity index (χ3n) is 7.05. The van der Waals surface area contributed by atoms with E-state index in [1.807, 2.05) is 18.2 Å². The summed E-state index contributed by atoms with van der Waals surface area (Å²) in [5.74, 6) is 1.46. The van der Waals surface area contributed by atoms with Gasteiger partial charge in [-0.05, 0) is 50.0 Å². The summed E-state index contributed by atoms with van der Waals surface area (Å²) in [5, 5.41) is 8.21. The van der Waals surface area contributed by atoms with Gasteiger partial charge in [-0.1, -0.05) is 48.4 Å². The lowest BCUT2D eigenvalue weighted by molar-refractivity contribution is -0.136. The van der Waals surface area contributed by atoms with Gasteiger partial charge in [0, 0.05) is 19.6 Å². The summed E-state index contributed by atoms with van der Waals surface area (Å²) >= 11 is 0. The summed E-state index contributed by atoms with van der Waals surface area (Å²) in [6.45, 7) is 3.88. The lowest BCUT2D eigenvalue weighted by Gasteiger charge is -2.36. The van der Waals surface area contributed by atoms with E-state index >= 15 is 0 Å². The fourth-order valence-electron chi connectivity index (χ4n) is 5.52. The molecule has 5 rings (SSSR count). The fraction of sp³-hybridized carbons (Fsp3) is 0.542. The number of benzene rings is 1. The normalized spacial score (nSPS) is 20.7. The second-order valence-electron chi connectivity index (χ2n) is 9.32. The molecule has 0 spiro atoms. The van der Waals surface area contributed by atoms with Gasteiger partial charge in [0.25, 0.3) is 5.56 Å². The number of H-pyrrole nitrogens is 1. The van der Waals surface area contributed by atoms with E-state index in [4.69, 9.17) is 0 Å². The van der Waals surface area contributed by atoms with Crippen LogP contribution >= 0.6 is 0 Å². The summed E-state index contributed by atoms with van der Waals surface area (Å²) in [5.41, 5.74) is 1.67. The minimum atomic E-state index is -0.263. The zero-order chi connectivity index (χ0) is 22.1. The standard InChI is InChI=1S/C24H30N6O2/c1-16-25-22-21(23(31)26-16)27-28-30(22)15-17-8-7-13-29(14-17)24(32)20(19-11-5-6-12-19)18-9-3-2-4-10-18/h2-4,9-10,17,19-20H,5-8,11-15H2,1H3,(H,25,26,31)/t17-,20+/m0/s1. The summed E-state index contributed by atoms with van der Waals surface area (Å²) in [7, 11) is 0. The average molecular weight is 435 g/mol. The SMILES string of the molecule is Cc1nc2c(nnn2C[C@H]2CCCN(C(=O)[C@H](c3ccccc3)C3CCCC3)C2)c(=O)[nH]1. The first kappa shape index (κ1) is 20.8. The molecule has 8 heteroatoms. The Morgan fingerprint density at radius 1 is 1.16 bits per heavy atom. The predicted molar refractivity (Wildman–Crippen MR) is 121 cm³/mol. The summed E-state index contributed by atoms with van der Waals surface area (Å²) in [4.78, 5) is 35.1. The van der Waals surface area contributed by atoms with Crippen molar-refractivity contribution in [1.29, 1.82) is 0 Å². The van der Waals surface area contributed by atoms with Gasteiger partial charge in [-0.3, -0.25) is 9.59 Å². The molecule has 1 aliphatic carbocycles. The molecule has 1 saturated carbocycles. The number of hydrogen-bond acceptors (Lipinski definition) is 5. The van der Waals surface area contributed by atoms with Crippen molar-refractivity contribution in [1.82, 2.24) is 29.9 Å². The summed E-state index contributed by atoms with van der Waals surface area (Å²) in [6.07, 6.45) is 6.69. The molecule has 1 saturated heterocycles. The van der Waals surface area contributed by atoms with Crippen LogP contribution in [-0.2, 0) is 11.3 Å². The molecule has 1 aromatic carbocycles. The molecule has 1 amide bonds. The van der Waals surface area contributed by atoms with Gasteiger partial charge >= 0.3 is 0 Å². The Morgan fingerprint density at radius 3 is 2.72 bits per heavy atom. The lowest BCUT2D eigenvalue weighted by Crippen LogP contribution is -2.44. The molecule has 8 nitrogen and oxygen atoms in total. The minimum absolute atomic E-state index is 0.0486. The highest BCUT2D eigenvalue weighted by atomic mass is 16.2. The zero-order valence-corrected chi connectivity index (χ0v) is 18.5. The van der Waals surface area contributed by atoms with Crippen molar-refractivity contribution in [3.05, 3.63) is 52.1 Å². The molecule has 3 heterocycles. The van der Waals surface area contributed by atoms with Gasteiger partial charge in [-0.25, -0.2) is 9.67 Å². The van der Waals surface area contributed by atoms with Crippen LogP contribution in [0.5, 0.6) is 0 Å². The van der Waals surface area contributed by atoms with Crippen LogP contribution in [0.2, 0.25) is 0 Å². The Labute approximate surface area is 187 Å². The molecule has 2 aliphatic rings. The number of hydrogen-bond donors (Lipinski definition) is 1. The number of likely N-dealkylation sites (tertiary alicyclic amines) is 1. The number of amides is 1. The first-order chi connectivity index (χ1) is 15.6. The van der Waals surface area contributed by atoms with E-state index in [9.17, 15) is 9.59 Å². The van der Waals surface area contributed by atoms with Gasteiger partial charge in [-0.15, -0.1) is 5.10 Å². The highest BCUT2D eigenvalue weighted by molar-refractivity contribution is 5.84. The third kappa shape index (κ3) is 4.06. The highest BCUT2D eigenvalue weighted by Gasteiger charge is 2.36. The van der Waals surface area contributed by atoms with Gasteiger partial charge < -0.3 is 9.88 Å². The first-order valence-electron chi connectivity index (χ1n) is 11.7. The van der Waals surface area contributed by atoms with Crippen LogP contribution < -0.4 is 5.56 Å². The van der Waals surface area contributed by atoms with E-state index in [0.29, 0.717) is 30.5 Å². The molecule has 3 aromatic rings. The molecule has 0 radical (unpaired) electrons. The zero-order valence-electron chi connectivity index (χ0n) is 18.5. The molecule has 1 N–H and O–H groups in total. The first-order valence-corrected chi connectivity index (χ1v) is 11.7. The summed E-state index contributed by atoms with van der Waals surface area (Å²) < 4.78 is 1.72. The quantitative estimate of drug-likeness (QED) is 0.666. The molecule has 2 atom stereocenters. The smallest absolute Gasteiger partial charge is 0.281 e. The number of aryl methyl sites for hydroxylation is 1. The summed E-state index contributed by atoms with van der Waals surface area (Å²) in [6, 6.07) is 10.3. The van der Waals surface area contributed by atoms with Crippen LogP contribution in [-0.4, -0.2) is 48.9 Å². The number of fused-ring (bicyclic) bond motifs is 1. The van der Waals surface area contributed by atoms with Crippen molar-refractivity contribution >= 4 is 17.1 Å². The maximum Gasteiger partial charge on any atom is 0.281 e. The van der Waals surface area contributed by atoms with E-state index in [2.05, 4.69) is 37.3 Å². The van der Waals surface area contributed by atoms with Crippen molar-refractivity contribution in [2.24, 2.45) is 11.8 Å². The monoisotopic (exact) mass is 434 g/mol. The number of aromatic amines is 1. The maximum absolute atomic E-state index is 13.8.